The van der Waals surface area contributed by atoms with Crippen LogP contribution in [0.4, 0.5) is 4.39 Å². The Morgan fingerprint density at radius 2 is 2.33 bits per heavy atom. The lowest BCUT2D eigenvalue weighted by Gasteiger charge is -2.16. The Kier molecular flexibility index (Phi) is 4.80. The first-order valence-electron chi connectivity index (χ1n) is 4.80. The molecule has 0 aromatic heterocycles. The zero-order valence-corrected chi connectivity index (χ0v) is 10.1. The summed E-state index contributed by atoms with van der Waals surface area (Å²) in [5.74, 6) is 2.33. The van der Waals surface area contributed by atoms with Gasteiger partial charge in [-0.25, -0.2) is 4.39 Å². The van der Waals surface area contributed by atoms with Crippen LogP contribution in [0.1, 0.15) is 24.9 Å². The molecule has 0 heterocycles. The van der Waals surface area contributed by atoms with Gasteiger partial charge in [-0.05, 0) is 24.7 Å². The number of terminal acetylenes is 1. The average molecular weight is 270 g/mol. The monoisotopic (exact) mass is 269 g/mol. The number of nitrogens with one attached hydrogen (secondary N) is 1. The highest BCUT2D eigenvalue weighted by Crippen LogP contribution is 2.23. The van der Waals surface area contributed by atoms with Crippen molar-refractivity contribution in [3.8, 4) is 12.3 Å². The SMILES string of the molecule is C#CCC(NCC)c1cc(Br)ccc1F. The first-order chi connectivity index (χ1) is 7.19. The van der Waals surface area contributed by atoms with Gasteiger partial charge in [-0.1, -0.05) is 22.9 Å². The summed E-state index contributed by atoms with van der Waals surface area (Å²) in [5.41, 5.74) is 0.615. The molecule has 80 valence electrons. The maximum absolute atomic E-state index is 13.5. The fraction of sp³-hybridized carbons (Fsp3) is 0.333. The van der Waals surface area contributed by atoms with Crippen LogP contribution in [0.25, 0.3) is 0 Å². The maximum atomic E-state index is 13.5. The Balaban J connectivity index is 2.99. The van der Waals surface area contributed by atoms with Crippen LogP contribution in [0.2, 0.25) is 0 Å². The van der Waals surface area contributed by atoms with Crippen LogP contribution >= 0.6 is 15.9 Å². The van der Waals surface area contributed by atoms with Crippen LogP contribution in [-0.4, -0.2) is 6.54 Å². The summed E-state index contributed by atoms with van der Waals surface area (Å²) in [5, 5.41) is 3.16. The molecule has 1 aromatic rings. The van der Waals surface area contributed by atoms with E-state index in [0.29, 0.717) is 12.0 Å². The summed E-state index contributed by atoms with van der Waals surface area (Å²) >= 11 is 3.32. The normalized spacial score (nSPS) is 12.1. The topological polar surface area (TPSA) is 12.0 Å². The molecule has 1 N–H and O–H groups in total. The maximum Gasteiger partial charge on any atom is 0.128 e. The molecule has 1 rings (SSSR count). The van der Waals surface area contributed by atoms with Gasteiger partial charge in [0.15, 0.2) is 0 Å². The van der Waals surface area contributed by atoms with E-state index in [9.17, 15) is 4.39 Å². The van der Waals surface area contributed by atoms with Crippen LogP contribution in [0.5, 0.6) is 0 Å². The Labute approximate surface area is 98.2 Å². The number of benzene rings is 1. The number of hydrogen-bond donors (Lipinski definition) is 1. The third-order valence-electron chi connectivity index (χ3n) is 2.11. The molecule has 0 saturated carbocycles. The van der Waals surface area contributed by atoms with Gasteiger partial charge >= 0.3 is 0 Å². The van der Waals surface area contributed by atoms with Crippen molar-refractivity contribution in [3.05, 3.63) is 34.1 Å². The predicted octanol–water partition coefficient (Wildman–Crippen LogP) is 3.26. The van der Waals surface area contributed by atoms with Gasteiger partial charge in [0.25, 0.3) is 0 Å². The highest BCUT2D eigenvalue weighted by atomic mass is 79.9. The number of halogens is 2. The van der Waals surface area contributed by atoms with E-state index in [2.05, 4.69) is 27.2 Å². The van der Waals surface area contributed by atoms with E-state index in [1.54, 1.807) is 12.1 Å². The van der Waals surface area contributed by atoms with Crippen LogP contribution in [0, 0.1) is 18.2 Å². The second kappa shape index (κ2) is 5.89. The van der Waals surface area contributed by atoms with Gasteiger partial charge < -0.3 is 5.32 Å². The van der Waals surface area contributed by atoms with Crippen molar-refractivity contribution >= 4 is 15.9 Å². The molecule has 0 aliphatic heterocycles. The third-order valence-corrected chi connectivity index (χ3v) is 2.60. The number of rotatable bonds is 4. The Morgan fingerprint density at radius 3 is 2.93 bits per heavy atom. The second-order valence-corrected chi connectivity index (χ2v) is 4.10. The van der Waals surface area contributed by atoms with Crippen molar-refractivity contribution in [1.29, 1.82) is 0 Å². The molecule has 0 fully saturated rings. The van der Waals surface area contributed by atoms with Crippen molar-refractivity contribution in [3.63, 3.8) is 0 Å². The molecule has 0 saturated heterocycles. The fourth-order valence-electron chi connectivity index (χ4n) is 1.44. The first-order valence-corrected chi connectivity index (χ1v) is 5.60. The molecule has 0 radical (unpaired) electrons. The van der Waals surface area contributed by atoms with Crippen molar-refractivity contribution < 1.29 is 4.39 Å². The van der Waals surface area contributed by atoms with E-state index < -0.39 is 0 Å². The third kappa shape index (κ3) is 3.33. The zero-order valence-electron chi connectivity index (χ0n) is 8.56. The Morgan fingerprint density at radius 1 is 1.60 bits per heavy atom. The fourth-order valence-corrected chi connectivity index (χ4v) is 1.82. The molecule has 1 unspecified atom stereocenters. The summed E-state index contributed by atoms with van der Waals surface area (Å²) in [6, 6.07) is 4.77. The number of hydrogen-bond acceptors (Lipinski definition) is 1. The second-order valence-electron chi connectivity index (χ2n) is 3.18. The lowest BCUT2D eigenvalue weighted by molar-refractivity contribution is 0.520. The summed E-state index contributed by atoms with van der Waals surface area (Å²) < 4.78 is 14.4. The molecule has 0 aliphatic carbocycles. The van der Waals surface area contributed by atoms with E-state index in [1.165, 1.54) is 6.07 Å². The lowest BCUT2D eigenvalue weighted by Crippen LogP contribution is -2.21. The molecule has 1 atom stereocenters. The molecule has 0 amide bonds. The summed E-state index contributed by atoms with van der Waals surface area (Å²) in [7, 11) is 0. The van der Waals surface area contributed by atoms with Gasteiger partial charge in [0.05, 0.1) is 0 Å². The molecule has 1 nitrogen and oxygen atoms in total. The molecule has 0 bridgehead atoms. The minimum absolute atomic E-state index is 0.113. The molecule has 1 aromatic carbocycles. The van der Waals surface area contributed by atoms with Crippen molar-refractivity contribution in [1.82, 2.24) is 5.32 Å². The van der Waals surface area contributed by atoms with E-state index in [0.717, 1.165) is 11.0 Å². The molecule has 3 heteroatoms. The Bertz CT molecular complexity index is 370. The largest absolute Gasteiger partial charge is 0.309 e. The first kappa shape index (κ1) is 12.2. The molecule has 15 heavy (non-hydrogen) atoms. The van der Waals surface area contributed by atoms with Gasteiger partial charge in [0, 0.05) is 22.5 Å². The predicted molar refractivity (Wildman–Crippen MR) is 64.0 cm³/mol. The van der Waals surface area contributed by atoms with E-state index >= 15 is 0 Å². The summed E-state index contributed by atoms with van der Waals surface area (Å²) in [6.45, 7) is 2.73. The van der Waals surface area contributed by atoms with Gasteiger partial charge in [0.2, 0.25) is 0 Å². The van der Waals surface area contributed by atoms with Crippen molar-refractivity contribution in [2.75, 3.05) is 6.54 Å². The zero-order chi connectivity index (χ0) is 11.3. The summed E-state index contributed by atoms with van der Waals surface area (Å²) in [4.78, 5) is 0. The van der Waals surface area contributed by atoms with Gasteiger partial charge in [-0.15, -0.1) is 12.3 Å². The van der Waals surface area contributed by atoms with Gasteiger partial charge in [-0.2, -0.15) is 0 Å². The molecular weight excluding hydrogens is 257 g/mol. The molecular formula is C12H13BrFN. The quantitative estimate of drug-likeness (QED) is 0.828. The molecule has 0 aliphatic rings. The van der Waals surface area contributed by atoms with Crippen LogP contribution in [-0.2, 0) is 0 Å². The van der Waals surface area contributed by atoms with Crippen LogP contribution < -0.4 is 5.32 Å². The van der Waals surface area contributed by atoms with Crippen molar-refractivity contribution in [2.24, 2.45) is 0 Å². The van der Waals surface area contributed by atoms with E-state index in [4.69, 9.17) is 6.42 Å². The van der Waals surface area contributed by atoms with E-state index in [1.807, 2.05) is 6.92 Å². The minimum atomic E-state index is -0.223. The minimum Gasteiger partial charge on any atom is -0.309 e. The summed E-state index contributed by atoms with van der Waals surface area (Å²) in [6.07, 6.45) is 5.75. The van der Waals surface area contributed by atoms with E-state index in [-0.39, 0.29) is 11.9 Å². The lowest BCUT2D eigenvalue weighted by atomic mass is 10.0. The smallest absolute Gasteiger partial charge is 0.128 e. The van der Waals surface area contributed by atoms with Crippen molar-refractivity contribution in [2.45, 2.75) is 19.4 Å². The highest BCUT2D eigenvalue weighted by Gasteiger charge is 2.13. The average Bonchev–Trinajstić information content (AvgIpc) is 2.21. The van der Waals surface area contributed by atoms with Gasteiger partial charge in [-0.3, -0.25) is 0 Å². The van der Waals surface area contributed by atoms with Crippen LogP contribution in [0.3, 0.4) is 0 Å². The standard InChI is InChI=1S/C12H13BrFN/c1-3-5-12(15-4-2)10-8-9(13)6-7-11(10)14/h1,6-8,12,15H,4-5H2,2H3. The van der Waals surface area contributed by atoms with Crippen LogP contribution in [0.15, 0.2) is 22.7 Å². The highest BCUT2D eigenvalue weighted by molar-refractivity contribution is 9.10. The Hall–Kier alpha value is -0.850. The van der Waals surface area contributed by atoms with Gasteiger partial charge in [0.1, 0.15) is 5.82 Å². The molecule has 0 spiro atoms.